The number of nitrogens with zero attached hydrogens (tertiary/aromatic N) is 2. The van der Waals surface area contributed by atoms with Crippen molar-refractivity contribution >= 4 is 11.0 Å². The number of imidazole rings is 1. The smallest absolute Gasteiger partial charge is 0.108 e. The molecule has 0 amide bonds. The first-order valence-corrected chi connectivity index (χ1v) is 9.67. The number of fused-ring (bicyclic) bond motifs is 2. The Labute approximate surface area is 154 Å². The Morgan fingerprint density at radius 3 is 3.04 bits per heavy atom. The first-order valence-electron chi connectivity index (χ1n) is 9.67. The van der Waals surface area contributed by atoms with Gasteiger partial charge in [-0.3, -0.25) is 4.98 Å². The topological polar surface area (TPSA) is 79.6 Å². The van der Waals surface area contributed by atoms with E-state index in [1.807, 2.05) is 24.4 Å². The van der Waals surface area contributed by atoms with Crippen molar-refractivity contribution in [2.45, 2.75) is 50.6 Å². The molecule has 0 bridgehead atoms. The zero-order chi connectivity index (χ0) is 17.8. The lowest BCUT2D eigenvalue weighted by Crippen LogP contribution is -2.37. The number of rotatable bonds is 7. The summed E-state index contributed by atoms with van der Waals surface area (Å²) < 4.78 is 0. The number of aromatic nitrogens is 3. The van der Waals surface area contributed by atoms with Crippen molar-refractivity contribution in [3.63, 3.8) is 0 Å². The maximum absolute atomic E-state index is 5.78. The highest BCUT2D eigenvalue weighted by molar-refractivity contribution is 5.74. The van der Waals surface area contributed by atoms with Crippen molar-refractivity contribution in [1.82, 2.24) is 20.3 Å². The van der Waals surface area contributed by atoms with Crippen LogP contribution < -0.4 is 11.1 Å². The highest BCUT2D eigenvalue weighted by Gasteiger charge is 2.24. The largest absolute Gasteiger partial charge is 0.342 e. The van der Waals surface area contributed by atoms with E-state index in [0.29, 0.717) is 12.1 Å². The van der Waals surface area contributed by atoms with E-state index in [1.54, 1.807) is 0 Å². The lowest BCUT2D eigenvalue weighted by atomic mass is 9.91. The molecule has 0 fully saturated rings. The van der Waals surface area contributed by atoms with Gasteiger partial charge >= 0.3 is 0 Å². The van der Waals surface area contributed by atoms with E-state index in [2.05, 4.69) is 33.5 Å². The Hall–Kier alpha value is -2.24. The lowest BCUT2D eigenvalue weighted by molar-refractivity contribution is 0.363. The van der Waals surface area contributed by atoms with Crippen LogP contribution in [0.1, 0.15) is 48.8 Å². The summed E-state index contributed by atoms with van der Waals surface area (Å²) in [6, 6.07) is 13.1. The van der Waals surface area contributed by atoms with Gasteiger partial charge in [-0.15, -0.1) is 0 Å². The number of para-hydroxylation sites is 2. The molecule has 5 nitrogen and oxygen atoms in total. The zero-order valence-corrected chi connectivity index (χ0v) is 15.1. The van der Waals surface area contributed by atoms with E-state index in [0.717, 1.165) is 55.5 Å². The van der Waals surface area contributed by atoms with Gasteiger partial charge in [0.1, 0.15) is 5.82 Å². The maximum atomic E-state index is 5.78. The number of aryl methyl sites for hydroxylation is 1. The molecule has 2 aromatic heterocycles. The molecular weight excluding hydrogens is 322 g/mol. The minimum atomic E-state index is 0.326. The fourth-order valence-corrected chi connectivity index (χ4v) is 4.00. The van der Waals surface area contributed by atoms with Crippen LogP contribution in [0.4, 0.5) is 0 Å². The molecule has 0 saturated carbocycles. The average Bonchev–Trinajstić information content (AvgIpc) is 3.08. The molecule has 2 atom stereocenters. The molecule has 2 heterocycles. The van der Waals surface area contributed by atoms with Crippen LogP contribution in [-0.2, 0) is 12.8 Å². The van der Waals surface area contributed by atoms with Crippen molar-refractivity contribution in [2.24, 2.45) is 5.73 Å². The molecule has 1 aliphatic carbocycles. The second kappa shape index (κ2) is 7.98. The monoisotopic (exact) mass is 349 g/mol. The van der Waals surface area contributed by atoms with Gasteiger partial charge in [-0.05, 0) is 62.4 Å². The van der Waals surface area contributed by atoms with Crippen molar-refractivity contribution in [3.8, 4) is 0 Å². The van der Waals surface area contributed by atoms with Crippen molar-refractivity contribution in [1.29, 1.82) is 0 Å². The average molecular weight is 349 g/mol. The maximum Gasteiger partial charge on any atom is 0.108 e. The summed E-state index contributed by atoms with van der Waals surface area (Å²) in [7, 11) is 0. The number of benzene rings is 1. The Morgan fingerprint density at radius 1 is 1.23 bits per heavy atom. The highest BCUT2D eigenvalue weighted by Crippen LogP contribution is 2.28. The first kappa shape index (κ1) is 17.2. The Morgan fingerprint density at radius 2 is 2.15 bits per heavy atom. The summed E-state index contributed by atoms with van der Waals surface area (Å²) in [4.78, 5) is 12.9. The molecule has 3 aromatic rings. The van der Waals surface area contributed by atoms with Crippen LogP contribution in [0, 0.1) is 0 Å². The number of hydrogen-bond donors (Lipinski definition) is 3. The van der Waals surface area contributed by atoms with Crippen LogP contribution in [0.3, 0.4) is 0 Å². The van der Waals surface area contributed by atoms with Gasteiger partial charge in [-0.2, -0.15) is 0 Å². The summed E-state index contributed by atoms with van der Waals surface area (Å²) >= 11 is 0. The van der Waals surface area contributed by atoms with E-state index < -0.39 is 0 Å². The highest BCUT2D eigenvalue weighted by atomic mass is 15.0. The van der Waals surface area contributed by atoms with Crippen LogP contribution in [0.15, 0.2) is 42.6 Å². The molecule has 0 saturated heterocycles. The number of nitrogens with two attached hydrogens (primary N) is 1. The van der Waals surface area contributed by atoms with Gasteiger partial charge in [0.25, 0.3) is 0 Å². The number of pyridine rings is 1. The van der Waals surface area contributed by atoms with Crippen LogP contribution in [0.25, 0.3) is 11.0 Å². The normalized spacial score (nSPS) is 18.0. The SMILES string of the molecule is NCCCC(Cc1nc2ccccc2[nH]1)N[C@@H]1CCCc2cccnc21. The molecule has 1 aromatic carbocycles. The van der Waals surface area contributed by atoms with E-state index >= 15 is 0 Å². The molecule has 4 N–H and O–H groups in total. The summed E-state index contributed by atoms with van der Waals surface area (Å²) in [6.07, 6.45) is 8.35. The Kier molecular flexibility index (Phi) is 5.27. The van der Waals surface area contributed by atoms with Crippen LogP contribution in [0.5, 0.6) is 0 Å². The summed E-state index contributed by atoms with van der Waals surface area (Å²) in [6.45, 7) is 0.720. The summed E-state index contributed by atoms with van der Waals surface area (Å²) in [5.41, 5.74) is 10.5. The van der Waals surface area contributed by atoms with E-state index in [4.69, 9.17) is 10.7 Å². The fraction of sp³-hybridized carbons (Fsp3) is 0.429. The molecule has 0 aliphatic heterocycles. The second-order valence-corrected chi connectivity index (χ2v) is 7.19. The van der Waals surface area contributed by atoms with Gasteiger partial charge < -0.3 is 16.0 Å². The second-order valence-electron chi connectivity index (χ2n) is 7.19. The van der Waals surface area contributed by atoms with Crippen molar-refractivity contribution in [3.05, 3.63) is 59.7 Å². The molecule has 0 spiro atoms. The lowest BCUT2D eigenvalue weighted by Gasteiger charge is -2.29. The number of H-pyrrole nitrogens is 1. The number of aromatic amines is 1. The number of nitrogens with one attached hydrogen (secondary N) is 2. The molecule has 26 heavy (non-hydrogen) atoms. The molecule has 1 unspecified atom stereocenters. The van der Waals surface area contributed by atoms with Gasteiger partial charge in [0.2, 0.25) is 0 Å². The third kappa shape index (κ3) is 3.79. The van der Waals surface area contributed by atoms with E-state index in [-0.39, 0.29) is 0 Å². The zero-order valence-electron chi connectivity index (χ0n) is 15.1. The molecule has 136 valence electrons. The van der Waals surface area contributed by atoms with Crippen LogP contribution in [0.2, 0.25) is 0 Å². The van der Waals surface area contributed by atoms with E-state index in [9.17, 15) is 0 Å². The molecule has 1 aliphatic rings. The predicted octanol–water partition coefficient (Wildman–Crippen LogP) is 3.28. The molecular formula is C21H27N5. The van der Waals surface area contributed by atoms with Crippen LogP contribution >= 0.6 is 0 Å². The fourth-order valence-electron chi connectivity index (χ4n) is 4.00. The van der Waals surface area contributed by atoms with Gasteiger partial charge in [0.15, 0.2) is 0 Å². The van der Waals surface area contributed by atoms with Gasteiger partial charge in [-0.1, -0.05) is 18.2 Å². The quantitative estimate of drug-likeness (QED) is 0.611. The van der Waals surface area contributed by atoms with Crippen LogP contribution in [-0.4, -0.2) is 27.5 Å². The van der Waals surface area contributed by atoms with E-state index in [1.165, 1.54) is 17.7 Å². The third-order valence-electron chi connectivity index (χ3n) is 5.27. The van der Waals surface area contributed by atoms with Gasteiger partial charge in [0.05, 0.1) is 16.7 Å². The molecule has 4 rings (SSSR count). The summed E-state index contributed by atoms with van der Waals surface area (Å²) in [5.74, 6) is 1.04. The Bertz CT molecular complexity index is 823. The Balaban J connectivity index is 1.52. The van der Waals surface area contributed by atoms with Gasteiger partial charge in [-0.25, -0.2) is 4.98 Å². The van der Waals surface area contributed by atoms with Crippen molar-refractivity contribution < 1.29 is 0 Å². The standard InChI is InChI=1S/C21H27N5/c22-12-4-8-16(14-20-25-17-9-1-2-10-18(17)26-20)24-19-11-3-6-15-7-5-13-23-21(15)19/h1-2,5,7,9-10,13,16,19,24H,3-4,6,8,11-12,14,22H2,(H,25,26)/t16?,19-/m1/s1. The molecule has 0 radical (unpaired) electrons. The minimum Gasteiger partial charge on any atom is -0.342 e. The van der Waals surface area contributed by atoms with Gasteiger partial charge in [0, 0.05) is 24.7 Å². The summed E-state index contributed by atoms with van der Waals surface area (Å²) in [5, 5.41) is 3.86. The van der Waals surface area contributed by atoms with Crippen molar-refractivity contribution in [2.75, 3.05) is 6.54 Å². The third-order valence-corrected chi connectivity index (χ3v) is 5.27. The first-order chi connectivity index (χ1) is 12.8. The molecule has 5 heteroatoms. The number of hydrogen-bond acceptors (Lipinski definition) is 4. The predicted molar refractivity (Wildman–Crippen MR) is 105 cm³/mol. The minimum absolute atomic E-state index is 0.326.